The number of carbonyl (C=O) groups is 1. The average molecular weight is 584 g/mol. The summed E-state index contributed by atoms with van der Waals surface area (Å²) in [6, 6.07) is 2.96. The molecule has 1 aliphatic carbocycles. The molecule has 1 N–H and O–H groups in total. The predicted octanol–water partition coefficient (Wildman–Crippen LogP) is 4.75. The fourth-order valence-corrected chi connectivity index (χ4v) is 7.67. The van der Waals surface area contributed by atoms with Crippen LogP contribution in [-0.4, -0.2) is 82.4 Å². The fourth-order valence-electron chi connectivity index (χ4n) is 6.33. The van der Waals surface area contributed by atoms with Crippen molar-refractivity contribution in [1.29, 1.82) is 0 Å². The number of benzene rings is 1. The minimum atomic E-state index is -4.52. The Balaban J connectivity index is 1.57. The molecule has 1 aromatic heterocycles. The van der Waals surface area contributed by atoms with Gasteiger partial charge in [0.15, 0.2) is 9.84 Å². The first-order chi connectivity index (χ1) is 18.7. The molecule has 4 rings (SSSR count). The fraction of sp³-hybridized carbons (Fsp3) is 0.679. The van der Waals surface area contributed by atoms with E-state index in [1.54, 1.807) is 18.7 Å². The SMILES string of the molecule is CCN(C(C)C)[C@@H]1CC[C@H](N2CCC(Nc3ncnc4ccc(C(F)(F)F)cc34)C2=O)[C@H](CS(=O)(=O)C(C)C)C1. The highest BCUT2D eigenvalue weighted by atomic mass is 32.2. The zero-order chi connectivity index (χ0) is 29.4. The van der Waals surface area contributed by atoms with Crippen LogP contribution in [0.25, 0.3) is 10.9 Å². The van der Waals surface area contributed by atoms with Gasteiger partial charge in [0.05, 0.1) is 22.1 Å². The van der Waals surface area contributed by atoms with E-state index >= 15 is 0 Å². The summed E-state index contributed by atoms with van der Waals surface area (Å²) in [4.78, 5) is 26.1. The number of halogens is 3. The molecular formula is C28H40F3N5O3S. The number of likely N-dealkylation sites (tertiary alicyclic amines) is 1. The van der Waals surface area contributed by atoms with Crippen molar-refractivity contribution in [3.05, 3.63) is 30.1 Å². The zero-order valence-corrected chi connectivity index (χ0v) is 24.6. The van der Waals surface area contributed by atoms with Crippen molar-refractivity contribution in [2.24, 2.45) is 5.92 Å². The maximum Gasteiger partial charge on any atom is 0.416 e. The first-order valence-electron chi connectivity index (χ1n) is 14.1. The Labute approximate surface area is 234 Å². The molecule has 4 atom stereocenters. The van der Waals surface area contributed by atoms with Crippen molar-refractivity contribution < 1.29 is 26.4 Å². The molecule has 0 radical (unpaired) electrons. The van der Waals surface area contributed by atoms with E-state index in [1.807, 2.05) is 0 Å². The second kappa shape index (κ2) is 11.8. The molecular weight excluding hydrogens is 543 g/mol. The topological polar surface area (TPSA) is 95.5 Å². The van der Waals surface area contributed by atoms with Crippen LogP contribution in [0.4, 0.5) is 19.0 Å². The van der Waals surface area contributed by atoms with Gasteiger partial charge in [0.25, 0.3) is 0 Å². The second-order valence-electron chi connectivity index (χ2n) is 11.6. The number of nitrogens with one attached hydrogen (secondary N) is 1. The predicted molar refractivity (Wildman–Crippen MR) is 150 cm³/mol. The standard InChI is InChI=1S/C28H40F3N5O3S/c1-6-35(17(2)3)21-8-10-25(19(13-21)15-40(38,39)18(4)5)36-12-11-24(27(36)37)34-26-22-14-20(28(29,30)31)7-9-23(22)32-16-33-26/h7,9,14,16-19,21,24-25H,6,8,10-13,15H2,1-5H3,(H,32,33,34)/t19-,21+,24?,25-/m0/s1. The number of hydrogen-bond donors (Lipinski definition) is 1. The van der Waals surface area contributed by atoms with Crippen LogP contribution in [0.5, 0.6) is 0 Å². The lowest BCUT2D eigenvalue weighted by Crippen LogP contribution is -2.53. The van der Waals surface area contributed by atoms with Gasteiger partial charge in [-0.05, 0) is 84.0 Å². The normalized spacial score (nSPS) is 24.6. The first kappa shape index (κ1) is 30.5. The number of anilines is 1. The molecule has 2 aliphatic rings. The third kappa shape index (κ3) is 6.37. The summed E-state index contributed by atoms with van der Waals surface area (Å²) >= 11 is 0. The molecule has 0 bridgehead atoms. The monoisotopic (exact) mass is 583 g/mol. The van der Waals surface area contributed by atoms with Crippen molar-refractivity contribution in [3.8, 4) is 0 Å². The van der Waals surface area contributed by atoms with E-state index in [2.05, 4.69) is 41.0 Å². The maximum atomic E-state index is 13.7. The lowest BCUT2D eigenvalue weighted by Gasteiger charge is -2.45. The van der Waals surface area contributed by atoms with Crippen molar-refractivity contribution in [3.63, 3.8) is 0 Å². The lowest BCUT2D eigenvalue weighted by atomic mass is 9.80. The highest BCUT2D eigenvalue weighted by Gasteiger charge is 2.44. The quantitative estimate of drug-likeness (QED) is 0.455. The molecule has 2 aromatic rings. The molecule has 1 aromatic carbocycles. The first-order valence-corrected chi connectivity index (χ1v) is 15.8. The summed E-state index contributed by atoms with van der Waals surface area (Å²) in [5.41, 5.74) is -0.471. The summed E-state index contributed by atoms with van der Waals surface area (Å²) in [6.07, 6.45) is -0.545. The van der Waals surface area contributed by atoms with Gasteiger partial charge in [-0.2, -0.15) is 13.2 Å². The summed E-state index contributed by atoms with van der Waals surface area (Å²) in [5, 5.41) is 2.77. The van der Waals surface area contributed by atoms with Gasteiger partial charge in [-0.25, -0.2) is 18.4 Å². The number of rotatable bonds is 9. The zero-order valence-electron chi connectivity index (χ0n) is 23.8. The number of alkyl halides is 3. The molecule has 1 amide bonds. The number of nitrogens with zero attached hydrogens (tertiary/aromatic N) is 4. The highest BCUT2D eigenvalue weighted by Crippen LogP contribution is 2.37. The minimum Gasteiger partial charge on any atom is -0.358 e. The van der Waals surface area contributed by atoms with Gasteiger partial charge < -0.3 is 10.2 Å². The Morgan fingerprint density at radius 2 is 1.85 bits per heavy atom. The van der Waals surface area contributed by atoms with Gasteiger partial charge in [0.2, 0.25) is 5.91 Å². The Hall–Kier alpha value is -2.47. The highest BCUT2D eigenvalue weighted by molar-refractivity contribution is 7.91. The Morgan fingerprint density at radius 3 is 2.48 bits per heavy atom. The average Bonchev–Trinajstić information content (AvgIpc) is 3.23. The van der Waals surface area contributed by atoms with E-state index in [0.717, 1.165) is 25.1 Å². The lowest BCUT2D eigenvalue weighted by molar-refractivity contribution is -0.137. The van der Waals surface area contributed by atoms with Crippen LogP contribution >= 0.6 is 0 Å². The van der Waals surface area contributed by atoms with Crippen LogP contribution in [0.15, 0.2) is 24.5 Å². The number of sulfone groups is 1. The molecule has 1 aliphatic heterocycles. The summed E-state index contributed by atoms with van der Waals surface area (Å²) in [6.45, 7) is 11.1. The van der Waals surface area contributed by atoms with Crippen LogP contribution < -0.4 is 5.32 Å². The van der Waals surface area contributed by atoms with E-state index in [0.29, 0.717) is 37.4 Å². The van der Waals surface area contributed by atoms with E-state index in [-0.39, 0.29) is 40.9 Å². The van der Waals surface area contributed by atoms with Crippen molar-refractivity contribution in [2.45, 2.75) is 95.9 Å². The van der Waals surface area contributed by atoms with Crippen LogP contribution in [0.2, 0.25) is 0 Å². The molecule has 12 heteroatoms. The van der Waals surface area contributed by atoms with Gasteiger partial charge in [-0.1, -0.05) is 6.92 Å². The number of aromatic nitrogens is 2. The Morgan fingerprint density at radius 1 is 1.12 bits per heavy atom. The van der Waals surface area contributed by atoms with E-state index in [9.17, 15) is 26.4 Å². The smallest absolute Gasteiger partial charge is 0.358 e. The second-order valence-corrected chi connectivity index (χ2v) is 14.2. The largest absolute Gasteiger partial charge is 0.416 e. The maximum absolute atomic E-state index is 13.7. The Bertz CT molecular complexity index is 1320. The molecule has 1 saturated heterocycles. The number of hydrogen-bond acceptors (Lipinski definition) is 7. The number of carbonyl (C=O) groups excluding carboxylic acids is 1. The molecule has 8 nitrogen and oxygen atoms in total. The summed E-state index contributed by atoms with van der Waals surface area (Å²) in [5.74, 6) is -0.171. The summed E-state index contributed by atoms with van der Waals surface area (Å²) in [7, 11) is -3.34. The van der Waals surface area contributed by atoms with Crippen LogP contribution in [0.3, 0.4) is 0 Å². The van der Waals surface area contributed by atoms with E-state index < -0.39 is 32.9 Å². The molecule has 222 valence electrons. The van der Waals surface area contributed by atoms with Gasteiger partial charge in [0, 0.05) is 30.1 Å². The minimum absolute atomic E-state index is 0.0279. The number of amides is 1. The third-order valence-electron chi connectivity index (χ3n) is 8.49. The van der Waals surface area contributed by atoms with Crippen molar-refractivity contribution in [1.82, 2.24) is 19.8 Å². The molecule has 1 unspecified atom stereocenters. The molecule has 1 saturated carbocycles. The molecule has 2 fully saturated rings. The van der Waals surface area contributed by atoms with Gasteiger partial charge in [0.1, 0.15) is 18.2 Å². The molecule has 2 heterocycles. The van der Waals surface area contributed by atoms with Crippen LogP contribution in [0.1, 0.15) is 65.9 Å². The molecule has 40 heavy (non-hydrogen) atoms. The number of fused-ring (bicyclic) bond motifs is 1. The van der Waals surface area contributed by atoms with Gasteiger partial charge in [-0.3, -0.25) is 9.69 Å². The summed E-state index contributed by atoms with van der Waals surface area (Å²) < 4.78 is 66.1. The van der Waals surface area contributed by atoms with Crippen molar-refractivity contribution >= 4 is 32.5 Å². The van der Waals surface area contributed by atoms with E-state index in [1.165, 1.54) is 12.4 Å². The van der Waals surface area contributed by atoms with Crippen LogP contribution in [-0.2, 0) is 20.8 Å². The van der Waals surface area contributed by atoms with Gasteiger partial charge >= 0.3 is 6.18 Å². The third-order valence-corrected chi connectivity index (χ3v) is 10.8. The van der Waals surface area contributed by atoms with Crippen LogP contribution in [0, 0.1) is 5.92 Å². The Kier molecular flexibility index (Phi) is 8.99. The van der Waals surface area contributed by atoms with E-state index in [4.69, 9.17) is 0 Å². The van der Waals surface area contributed by atoms with Crippen molar-refractivity contribution in [2.75, 3.05) is 24.2 Å². The molecule has 0 spiro atoms. The van der Waals surface area contributed by atoms with Gasteiger partial charge in [-0.15, -0.1) is 0 Å².